The van der Waals surface area contributed by atoms with Crippen LogP contribution in [0, 0.1) is 5.92 Å². The molecule has 0 saturated heterocycles. The predicted octanol–water partition coefficient (Wildman–Crippen LogP) is 3.32. The van der Waals surface area contributed by atoms with Crippen molar-refractivity contribution < 1.29 is 5.11 Å². The molecule has 3 heteroatoms. The third-order valence-electron chi connectivity index (χ3n) is 4.04. The predicted molar refractivity (Wildman–Crippen MR) is 75.8 cm³/mol. The molecular weight excluding hydrogens is 246 g/mol. The van der Waals surface area contributed by atoms with Crippen LogP contribution in [0.5, 0.6) is 0 Å². The first-order valence-electron chi connectivity index (χ1n) is 6.84. The molecule has 2 nitrogen and oxygen atoms in total. The van der Waals surface area contributed by atoms with E-state index in [2.05, 4.69) is 0 Å². The molecule has 1 aliphatic rings. The first-order valence-corrected chi connectivity index (χ1v) is 7.22. The van der Waals surface area contributed by atoms with Gasteiger partial charge in [0.2, 0.25) is 0 Å². The number of aliphatic hydroxyl groups excluding tert-OH is 1. The van der Waals surface area contributed by atoms with Crippen molar-refractivity contribution in [2.75, 3.05) is 6.54 Å². The van der Waals surface area contributed by atoms with Crippen LogP contribution in [0.3, 0.4) is 0 Å². The van der Waals surface area contributed by atoms with Gasteiger partial charge in [0, 0.05) is 17.5 Å². The summed E-state index contributed by atoms with van der Waals surface area (Å²) in [5, 5.41) is 11.1. The zero-order valence-corrected chi connectivity index (χ0v) is 11.4. The Balaban J connectivity index is 2.02. The highest BCUT2D eigenvalue weighted by Crippen LogP contribution is 2.32. The van der Waals surface area contributed by atoms with E-state index in [4.69, 9.17) is 17.3 Å². The Hall–Kier alpha value is -0.570. The van der Waals surface area contributed by atoms with E-state index in [9.17, 15) is 5.11 Å². The van der Waals surface area contributed by atoms with Crippen molar-refractivity contribution in [3.05, 3.63) is 34.9 Å². The molecule has 2 atom stereocenters. The Bertz CT molecular complexity index is 377. The third kappa shape index (κ3) is 3.47. The zero-order chi connectivity index (χ0) is 13.0. The summed E-state index contributed by atoms with van der Waals surface area (Å²) in [6.07, 6.45) is 5.64. The van der Waals surface area contributed by atoms with Crippen LogP contribution in [0.4, 0.5) is 0 Å². The van der Waals surface area contributed by atoms with Gasteiger partial charge < -0.3 is 10.8 Å². The van der Waals surface area contributed by atoms with Gasteiger partial charge >= 0.3 is 0 Å². The number of halogens is 1. The molecule has 1 aromatic carbocycles. The zero-order valence-electron chi connectivity index (χ0n) is 10.7. The van der Waals surface area contributed by atoms with Crippen LogP contribution in [0.15, 0.2) is 24.3 Å². The fourth-order valence-corrected chi connectivity index (χ4v) is 3.20. The SMILES string of the molecule is NCC(c1cccc(Cl)c1)C(O)CC1CCCC1. The Labute approximate surface area is 114 Å². The molecule has 2 rings (SSSR count). The Morgan fingerprint density at radius 1 is 1.33 bits per heavy atom. The van der Waals surface area contributed by atoms with Crippen molar-refractivity contribution in [2.45, 2.75) is 44.1 Å². The van der Waals surface area contributed by atoms with Gasteiger partial charge in [-0.2, -0.15) is 0 Å². The van der Waals surface area contributed by atoms with E-state index in [0.29, 0.717) is 17.5 Å². The second-order valence-electron chi connectivity index (χ2n) is 5.35. The number of benzene rings is 1. The lowest BCUT2D eigenvalue weighted by Crippen LogP contribution is -2.27. The van der Waals surface area contributed by atoms with Crippen LogP contribution in [0.1, 0.15) is 43.6 Å². The summed E-state index contributed by atoms with van der Waals surface area (Å²) in [4.78, 5) is 0. The van der Waals surface area contributed by atoms with Gasteiger partial charge in [0.1, 0.15) is 0 Å². The Morgan fingerprint density at radius 2 is 2.06 bits per heavy atom. The van der Waals surface area contributed by atoms with E-state index >= 15 is 0 Å². The van der Waals surface area contributed by atoms with Crippen molar-refractivity contribution in [1.29, 1.82) is 0 Å². The second kappa shape index (κ2) is 6.55. The van der Waals surface area contributed by atoms with Crippen molar-refractivity contribution in [3.63, 3.8) is 0 Å². The van der Waals surface area contributed by atoms with Gasteiger partial charge in [0.05, 0.1) is 6.10 Å². The van der Waals surface area contributed by atoms with Gasteiger partial charge in [0.15, 0.2) is 0 Å². The smallest absolute Gasteiger partial charge is 0.0623 e. The molecule has 0 bridgehead atoms. The molecule has 1 aliphatic carbocycles. The van der Waals surface area contributed by atoms with Crippen molar-refractivity contribution >= 4 is 11.6 Å². The minimum absolute atomic E-state index is 0.00398. The molecule has 1 fully saturated rings. The quantitative estimate of drug-likeness (QED) is 0.860. The topological polar surface area (TPSA) is 46.2 Å². The van der Waals surface area contributed by atoms with Crippen molar-refractivity contribution in [1.82, 2.24) is 0 Å². The normalized spacial score (nSPS) is 19.9. The van der Waals surface area contributed by atoms with E-state index < -0.39 is 0 Å². The monoisotopic (exact) mass is 267 g/mol. The molecule has 0 radical (unpaired) electrons. The summed E-state index contributed by atoms with van der Waals surface area (Å²) >= 11 is 6.00. The van der Waals surface area contributed by atoms with Crippen LogP contribution in [0.25, 0.3) is 0 Å². The molecule has 0 spiro atoms. The standard InChI is InChI=1S/C15H22ClNO/c16-13-7-3-6-12(9-13)14(10-17)15(18)8-11-4-1-2-5-11/h3,6-7,9,11,14-15,18H,1-2,4-5,8,10,17H2. The van der Waals surface area contributed by atoms with E-state index in [1.807, 2.05) is 24.3 Å². The molecule has 0 amide bonds. The highest BCUT2D eigenvalue weighted by Gasteiger charge is 2.25. The van der Waals surface area contributed by atoms with E-state index in [1.54, 1.807) is 0 Å². The van der Waals surface area contributed by atoms with E-state index in [-0.39, 0.29) is 12.0 Å². The van der Waals surface area contributed by atoms with Gasteiger partial charge in [-0.05, 0) is 30.0 Å². The fraction of sp³-hybridized carbons (Fsp3) is 0.600. The molecule has 2 unspecified atom stereocenters. The van der Waals surface area contributed by atoms with Crippen LogP contribution >= 0.6 is 11.6 Å². The van der Waals surface area contributed by atoms with Gasteiger partial charge in [-0.3, -0.25) is 0 Å². The molecule has 1 aromatic rings. The highest BCUT2D eigenvalue weighted by molar-refractivity contribution is 6.30. The average Bonchev–Trinajstić information content (AvgIpc) is 2.83. The molecule has 1 saturated carbocycles. The number of rotatable bonds is 5. The van der Waals surface area contributed by atoms with E-state index in [1.165, 1.54) is 25.7 Å². The molecule has 0 aromatic heterocycles. The maximum Gasteiger partial charge on any atom is 0.0623 e. The number of aliphatic hydroxyl groups is 1. The first-order chi connectivity index (χ1) is 8.70. The number of hydrogen-bond donors (Lipinski definition) is 2. The lowest BCUT2D eigenvalue weighted by Gasteiger charge is -2.24. The van der Waals surface area contributed by atoms with Gasteiger partial charge in [-0.1, -0.05) is 49.4 Å². The minimum atomic E-state index is -0.350. The molecule has 100 valence electrons. The summed E-state index contributed by atoms with van der Waals surface area (Å²) in [7, 11) is 0. The summed E-state index contributed by atoms with van der Waals surface area (Å²) in [6.45, 7) is 0.466. The third-order valence-corrected chi connectivity index (χ3v) is 4.28. The average molecular weight is 268 g/mol. The molecule has 3 N–H and O–H groups in total. The van der Waals surface area contributed by atoms with Crippen molar-refractivity contribution in [2.24, 2.45) is 11.7 Å². The fourth-order valence-electron chi connectivity index (χ4n) is 3.00. The van der Waals surface area contributed by atoms with Crippen LogP contribution in [-0.4, -0.2) is 17.8 Å². The van der Waals surface area contributed by atoms with Gasteiger partial charge in [-0.25, -0.2) is 0 Å². The van der Waals surface area contributed by atoms with Crippen molar-refractivity contribution in [3.8, 4) is 0 Å². The molecular formula is C15H22ClNO. The van der Waals surface area contributed by atoms with Crippen LogP contribution in [-0.2, 0) is 0 Å². The summed E-state index contributed by atoms with van der Waals surface area (Å²) in [5.41, 5.74) is 6.88. The highest BCUT2D eigenvalue weighted by atomic mass is 35.5. The van der Waals surface area contributed by atoms with Crippen LogP contribution < -0.4 is 5.73 Å². The van der Waals surface area contributed by atoms with Crippen LogP contribution in [0.2, 0.25) is 5.02 Å². The minimum Gasteiger partial charge on any atom is -0.392 e. The Morgan fingerprint density at radius 3 is 2.67 bits per heavy atom. The van der Waals surface area contributed by atoms with E-state index in [0.717, 1.165) is 12.0 Å². The molecule has 18 heavy (non-hydrogen) atoms. The maximum absolute atomic E-state index is 10.4. The number of nitrogens with two attached hydrogens (primary N) is 1. The van der Waals surface area contributed by atoms with Gasteiger partial charge in [0.25, 0.3) is 0 Å². The first kappa shape index (κ1) is 13.9. The summed E-state index contributed by atoms with van der Waals surface area (Å²) in [6, 6.07) is 7.68. The molecule has 0 heterocycles. The molecule has 0 aliphatic heterocycles. The maximum atomic E-state index is 10.4. The second-order valence-corrected chi connectivity index (χ2v) is 5.79. The largest absolute Gasteiger partial charge is 0.392 e. The lowest BCUT2D eigenvalue weighted by atomic mass is 9.87. The van der Waals surface area contributed by atoms with Gasteiger partial charge in [-0.15, -0.1) is 0 Å². The number of hydrogen-bond acceptors (Lipinski definition) is 2. The Kier molecular flexibility index (Phi) is 5.04. The lowest BCUT2D eigenvalue weighted by molar-refractivity contribution is 0.116. The summed E-state index contributed by atoms with van der Waals surface area (Å²) < 4.78 is 0. The summed E-state index contributed by atoms with van der Waals surface area (Å²) in [5.74, 6) is 0.678.